The summed E-state index contributed by atoms with van der Waals surface area (Å²) in [6.07, 6.45) is 16.4. The second-order valence-electron chi connectivity index (χ2n) is 10.5. The predicted octanol–water partition coefficient (Wildman–Crippen LogP) is 10.4. The van der Waals surface area contributed by atoms with Crippen LogP contribution in [0.3, 0.4) is 0 Å². The number of hydrogen-bond donors (Lipinski definition) is 0. The van der Waals surface area contributed by atoms with Crippen molar-refractivity contribution in [3.8, 4) is 22.3 Å². The number of fused-ring (bicyclic) bond motifs is 3. The zero-order chi connectivity index (χ0) is 26.2. The highest BCUT2D eigenvalue weighted by Crippen LogP contribution is 2.39. The summed E-state index contributed by atoms with van der Waals surface area (Å²) in [6, 6.07) is 26.3. The molecule has 0 saturated carbocycles. The van der Waals surface area contributed by atoms with Crippen LogP contribution in [0.5, 0.6) is 0 Å². The summed E-state index contributed by atoms with van der Waals surface area (Å²) >= 11 is 0. The monoisotopic (exact) mass is 500 g/mol. The van der Waals surface area contributed by atoms with Gasteiger partial charge in [0.25, 0.3) is 0 Å². The molecule has 0 aliphatic carbocycles. The van der Waals surface area contributed by atoms with Crippen LogP contribution >= 0.6 is 0 Å². The number of aromatic nitrogens is 2. The highest BCUT2D eigenvalue weighted by molar-refractivity contribution is 6.12. The average Bonchev–Trinajstić information content (AvgIpc) is 2.97. The molecular formula is C36H40N2. The number of unbranched alkanes of at least 4 members (excludes halogenated alkanes) is 6. The molecule has 0 fully saturated rings. The minimum Gasteiger partial charge on any atom is -0.254 e. The van der Waals surface area contributed by atoms with Gasteiger partial charge in [-0.2, -0.15) is 0 Å². The van der Waals surface area contributed by atoms with Crippen LogP contribution in [0, 0.1) is 0 Å². The molecule has 0 aliphatic heterocycles. The molecule has 0 amide bonds. The van der Waals surface area contributed by atoms with Gasteiger partial charge < -0.3 is 0 Å². The second-order valence-corrected chi connectivity index (χ2v) is 10.5. The first-order valence-corrected chi connectivity index (χ1v) is 14.6. The van der Waals surface area contributed by atoms with Crippen LogP contribution in [0.4, 0.5) is 0 Å². The molecule has 0 aliphatic rings. The summed E-state index contributed by atoms with van der Waals surface area (Å²) in [7, 11) is 0. The van der Waals surface area contributed by atoms with Crippen molar-refractivity contribution in [1.29, 1.82) is 0 Å². The highest BCUT2D eigenvalue weighted by atomic mass is 14.7. The number of benzene rings is 3. The van der Waals surface area contributed by atoms with Crippen molar-refractivity contribution >= 4 is 21.8 Å². The Morgan fingerprint density at radius 2 is 0.895 bits per heavy atom. The molecule has 38 heavy (non-hydrogen) atoms. The molecule has 0 N–H and O–H groups in total. The van der Waals surface area contributed by atoms with Gasteiger partial charge in [0, 0.05) is 23.2 Å². The van der Waals surface area contributed by atoms with E-state index in [9.17, 15) is 0 Å². The molecule has 2 nitrogen and oxygen atoms in total. The van der Waals surface area contributed by atoms with Crippen molar-refractivity contribution in [1.82, 2.24) is 9.97 Å². The molecule has 3 aromatic carbocycles. The van der Waals surface area contributed by atoms with E-state index < -0.39 is 0 Å². The van der Waals surface area contributed by atoms with Crippen LogP contribution in [0.25, 0.3) is 44.1 Å². The van der Waals surface area contributed by atoms with E-state index >= 15 is 0 Å². The Morgan fingerprint density at radius 3 is 1.29 bits per heavy atom. The SMILES string of the molecule is CCCCCCc1cnc2c(ccc3c(-c4ccccc4)c(CCCCCC)cnc32)c1-c1ccccc1. The molecule has 194 valence electrons. The van der Waals surface area contributed by atoms with Crippen molar-refractivity contribution in [3.63, 3.8) is 0 Å². The van der Waals surface area contributed by atoms with Gasteiger partial charge in [-0.3, -0.25) is 9.97 Å². The van der Waals surface area contributed by atoms with E-state index in [0.29, 0.717) is 0 Å². The zero-order valence-electron chi connectivity index (χ0n) is 23.0. The van der Waals surface area contributed by atoms with E-state index in [0.717, 1.165) is 23.9 Å². The molecule has 0 radical (unpaired) electrons. The fourth-order valence-corrected chi connectivity index (χ4v) is 5.76. The van der Waals surface area contributed by atoms with Crippen molar-refractivity contribution in [2.45, 2.75) is 78.1 Å². The second kappa shape index (κ2) is 12.8. The van der Waals surface area contributed by atoms with E-state index in [1.165, 1.54) is 95.5 Å². The number of rotatable bonds is 12. The lowest BCUT2D eigenvalue weighted by Crippen LogP contribution is -1.99. The van der Waals surface area contributed by atoms with E-state index in [4.69, 9.17) is 9.97 Å². The maximum absolute atomic E-state index is 5.08. The molecule has 2 heteroatoms. The molecule has 0 bridgehead atoms. The Labute approximate surface area is 228 Å². The third kappa shape index (κ3) is 5.65. The third-order valence-corrected chi connectivity index (χ3v) is 7.76. The number of pyridine rings is 2. The summed E-state index contributed by atoms with van der Waals surface area (Å²) in [5, 5.41) is 2.41. The molecular weight excluding hydrogens is 460 g/mol. The molecule has 0 unspecified atom stereocenters. The minimum absolute atomic E-state index is 1.01. The van der Waals surface area contributed by atoms with E-state index in [1.54, 1.807) is 0 Å². The minimum atomic E-state index is 1.01. The van der Waals surface area contributed by atoms with Crippen molar-refractivity contribution in [3.05, 3.63) is 96.3 Å². The van der Waals surface area contributed by atoms with Crippen molar-refractivity contribution in [2.24, 2.45) is 0 Å². The highest BCUT2D eigenvalue weighted by Gasteiger charge is 2.17. The van der Waals surface area contributed by atoms with Gasteiger partial charge in [0.2, 0.25) is 0 Å². The van der Waals surface area contributed by atoms with Crippen molar-refractivity contribution in [2.75, 3.05) is 0 Å². The first-order valence-electron chi connectivity index (χ1n) is 14.6. The van der Waals surface area contributed by atoms with Gasteiger partial charge in [-0.1, -0.05) is 125 Å². The molecule has 5 rings (SSSR count). The Bertz CT molecular complexity index is 1360. The third-order valence-electron chi connectivity index (χ3n) is 7.76. The molecule has 2 aromatic heterocycles. The van der Waals surface area contributed by atoms with Crippen LogP contribution in [-0.4, -0.2) is 9.97 Å². The fourth-order valence-electron chi connectivity index (χ4n) is 5.76. The zero-order valence-corrected chi connectivity index (χ0v) is 23.0. The summed E-state index contributed by atoms with van der Waals surface area (Å²) in [5.41, 5.74) is 9.87. The molecule has 0 spiro atoms. The molecule has 0 saturated heterocycles. The first kappa shape index (κ1) is 26.1. The predicted molar refractivity (Wildman–Crippen MR) is 164 cm³/mol. The largest absolute Gasteiger partial charge is 0.254 e. The van der Waals surface area contributed by atoms with Gasteiger partial charge in [0.05, 0.1) is 11.0 Å². The summed E-state index contributed by atoms with van der Waals surface area (Å²) in [4.78, 5) is 10.2. The van der Waals surface area contributed by atoms with Gasteiger partial charge in [0.1, 0.15) is 0 Å². The lowest BCUT2D eigenvalue weighted by atomic mass is 9.90. The number of hydrogen-bond acceptors (Lipinski definition) is 2. The maximum Gasteiger partial charge on any atom is 0.0971 e. The summed E-state index contributed by atoms with van der Waals surface area (Å²) < 4.78 is 0. The fraction of sp³-hybridized carbons (Fsp3) is 0.333. The van der Waals surface area contributed by atoms with Crippen LogP contribution < -0.4 is 0 Å². The molecule has 0 atom stereocenters. The Balaban J connectivity index is 1.67. The Kier molecular flexibility index (Phi) is 8.81. The Hall–Kier alpha value is -3.52. The van der Waals surface area contributed by atoms with Crippen molar-refractivity contribution < 1.29 is 0 Å². The standard InChI is InChI=1S/C36H40N2/c1-3-5-7-11-21-29-25-37-35-31(33(29)27-17-13-9-14-18-27)23-24-32-34(28-19-15-10-16-20-28)30(26-38-36(32)35)22-12-8-6-4-2/h9-10,13-20,23-26H,3-8,11-12,21-22H2,1-2H3. The maximum atomic E-state index is 5.08. The lowest BCUT2D eigenvalue weighted by molar-refractivity contribution is 0.667. The first-order chi connectivity index (χ1) is 18.8. The van der Waals surface area contributed by atoms with Crippen LogP contribution in [0.2, 0.25) is 0 Å². The van der Waals surface area contributed by atoms with E-state index in [-0.39, 0.29) is 0 Å². The average molecular weight is 501 g/mol. The molecule has 5 aromatic rings. The van der Waals surface area contributed by atoms with Gasteiger partial charge in [-0.15, -0.1) is 0 Å². The summed E-state index contributed by atoms with van der Waals surface area (Å²) in [5.74, 6) is 0. The van der Waals surface area contributed by atoms with Crippen LogP contribution in [0.1, 0.15) is 76.3 Å². The van der Waals surface area contributed by atoms with Gasteiger partial charge in [-0.25, -0.2) is 0 Å². The van der Waals surface area contributed by atoms with Gasteiger partial charge in [-0.05, 0) is 59.1 Å². The number of aryl methyl sites for hydroxylation is 2. The lowest BCUT2D eigenvalue weighted by Gasteiger charge is -2.17. The Morgan fingerprint density at radius 1 is 0.474 bits per heavy atom. The van der Waals surface area contributed by atoms with E-state index in [1.807, 2.05) is 0 Å². The smallest absolute Gasteiger partial charge is 0.0971 e. The quantitative estimate of drug-likeness (QED) is 0.126. The summed E-state index contributed by atoms with van der Waals surface area (Å²) in [6.45, 7) is 4.54. The van der Waals surface area contributed by atoms with Crippen LogP contribution in [0.15, 0.2) is 85.2 Å². The van der Waals surface area contributed by atoms with Gasteiger partial charge in [0.15, 0.2) is 0 Å². The topological polar surface area (TPSA) is 25.8 Å². The molecule has 2 heterocycles. The van der Waals surface area contributed by atoms with Crippen LogP contribution in [-0.2, 0) is 12.8 Å². The number of nitrogens with zero attached hydrogens (tertiary/aromatic N) is 2. The van der Waals surface area contributed by atoms with Gasteiger partial charge >= 0.3 is 0 Å². The van der Waals surface area contributed by atoms with E-state index in [2.05, 4.69) is 99.0 Å². The normalized spacial score (nSPS) is 11.4.